The SMILES string of the molecule is CC1(CNS(=O)(=O)c2ccc(N)cc2C(=O)O)CCCS1. The second-order valence-corrected chi connectivity index (χ2v) is 8.71. The van der Waals surface area contributed by atoms with Gasteiger partial charge in [0, 0.05) is 17.0 Å². The molecule has 21 heavy (non-hydrogen) atoms. The number of hydrogen-bond acceptors (Lipinski definition) is 5. The van der Waals surface area contributed by atoms with Gasteiger partial charge in [-0.3, -0.25) is 0 Å². The molecule has 0 aliphatic carbocycles. The first kappa shape index (κ1) is 16.1. The van der Waals surface area contributed by atoms with E-state index >= 15 is 0 Å². The van der Waals surface area contributed by atoms with Crippen molar-refractivity contribution in [2.24, 2.45) is 0 Å². The maximum atomic E-state index is 12.3. The smallest absolute Gasteiger partial charge is 0.337 e. The van der Waals surface area contributed by atoms with Crippen molar-refractivity contribution < 1.29 is 18.3 Å². The van der Waals surface area contributed by atoms with Crippen LogP contribution in [0.25, 0.3) is 0 Å². The highest BCUT2D eigenvalue weighted by Crippen LogP contribution is 2.37. The molecule has 0 bridgehead atoms. The van der Waals surface area contributed by atoms with Gasteiger partial charge >= 0.3 is 5.97 Å². The van der Waals surface area contributed by atoms with E-state index in [-0.39, 0.29) is 27.4 Å². The summed E-state index contributed by atoms with van der Waals surface area (Å²) in [5.41, 5.74) is 5.42. The van der Waals surface area contributed by atoms with Crippen LogP contribution in [0.3, 0.4) is 0 Å². The van der Waals surface area contributed by atoms with E-state index in [9.17, 15) is 13.2 Å². The molecule has 1 aliphatic rings. The van der Waals surface area contributed by atoms with E-state index in [1.807, 2.05) is 6.92 Å². The van der Waals surface area contributed by atoms with Crippen molar-refractivity contribution in [3.63, 3.8) is 0 Å². The molecule has 1 aliphatic heterocycles. The first-order valence-corrected chi connectivity index (χ1v) is 8.97. The number of nitrogens with two attached hydrogens (primary N) is 1. The molecule has 1 fully saturated rings. The van der Waals surface area contributed by atoms with Gasteiger partial charge in [0.25, 0.3) is 0 Å². The van der Waals surface area contributed by atoms with Gasteiger partial charge in [-0.25, -0.2) is 17.9 Å². The third-order valence-corrected chi connectivity index (χ3v) is 6.46. The maximum Gasteiger partial charge on any atom is 0.337 e. The van der Waals surface area contributed by atoms with Gasteiger partial charge in [-0.15, -0.1) is 0 Å². The summed E-state index contributed by atoms with van der Waals surface area (Å²) >= 11 is 1.73. The van der Waals surface area contributed by atoms with Crippen LogP contribution in [0, 0.1) is 0 Å². The fourth-order valence-electron chi connectivity index (χ4n) is 2.25. The van der Waals surface area contributed by atoms with Crippen molar-refractivity contribution >= 4 is 33.4 Å². The topological polar surface area (TPSA) is 109 Å². The zero-order valence-corrected chi connectivity index (χ0v) is 13.3. The monoisotopic (exact) mass is 330 g/mol. The first-order chi connectivity index (χ1) is 9.73. The lowest BCUT2D eigenvalue weighted by molar-refractivity contribution is 0.0692. The Morgan fingerprint density at radius 2 is 2.24 bits per heavy atom. The van der Waals surface area contributed by atoms with Gasteiger partial charge in [-0.05, 0) is 43.7 Å². The summed E-state index contributed by atoms with van der Waals surface area (Å²) in [4.78, 5) is 10.9. The normalized spacial score (nSPS) is 22.3. The molecule has 116 valence electrons. The van der Waals surface area contributed by atoms with Gasteiger partial charge in [0.15, 0.2) is 0 Å². The number of carbonyl (C=O) groups is 1. The lowest BCUT2D eigenvalue weighted by Crippen LogP contribution is -2.37. The summed E-state index contributed by atoms with van der Waals surface area (Å²) in [6, 6.07) is 3.77. The van der Waals surface area contributed by atoms with Crippen LogP contribution in [0.15, 0.2) is 23.1 Å². The van der Waals surface area contributed by atoms with Crippen LogP contribution in [0.5, 0.6) is 0 Å². The van der Waals surface area contributed by atoms with Crippen LogP contribution in [0.4, 0.5) is 5.69 Å². The Hall–Kier alpha value is -1.25. The summed E-state index contributed by atoms with van der Waals surface area (Å²) in [5, 5.41) is 9.13. The van der Waals surface area contributed by atoms with Gasteiger partial charge in [0.2, 0.25) is 10.0 Å². The molecule has 6 nitrogen and oxygen atoms in total. The third kappa shape index (κ3) is 3.69. The molecule has 0 saturated carbocycles. The summed E-state index contributed by atoms with van der Waals surface area (Å²) in [5.74, 6) is -0.301. The molecule has 8 heteroatoms. The molecule has 1 saturated heterocycles. The average molecular weight is 330 g/mol. The van der Waals surface area contributed by atoms with Gasteiger partial charge in [-0.1, -0.05) is 0 Å². The van der Waals surface area contributed by atoms with Gasteiger partial charge < -0.3 is 10.8 Å². The molecular weight excluding hydrogens is 312 g/mol. The van der Waals surface area contributed by atoms with E-state index < -0.39 is 16.0 Å². The second-order valence-electron chi connectivity index (χ2n) is 5.29. The van der Waals surface area contributed by atoms with Gasteiger partial charge in [-0.2, -0.15) is 11.8 Å². The molecule has 1 aromatic rings. The highest BCUT2D eigenvalue weighted by Gasteiger charge is 2.32. The fraction of sp³-hybridized carbons (Fsp3) is 0.462. The van der Waals surface area contributed by atoms with Crippen LogP contribution in [-0.2, 0) is 10.0 Å². The molecule has 0 amide bonds. The molecule has 4 N–H and O–H groups in total. The van der Waals surface area contributed by atoms with E-state index in [4.69, 9.17) is 10.8 Å². The quantitative estimate of drug-likeness (QED) is 0.706. The Morgan fingerprint density at radius 3 is 2.81 bits per heavy atom. The number of sulfonamides is 1. The largest absolute Gasteiger partial charge is 0.478 e. The molecule has 0 radical (unpaired) electrons. The number of carboxylic acid groups (broad SMARTS) is 1. The lowest BCUT2D eigenvalue weighted by Gasteiger charge is -2.23. The van der Waals surface area contributed by atoms with Crippen LogP contribution >= 0.6 is 11.8 Å². The Kier molecular flexibility index (Phi) is 4.50. The third-order valence-electron chi connectivity index (χ3n) is 3.46. The summed E-state index contributed by atoms with van der Waals surface area (Å²) in [7, 11) is -3.88. The summed E-state index contributed by atoms with van der Waals surface area (Å²) in [6.45, 7) is 2.29. The Bertz CT molecular complexity index is 652. The minimum Gasteiger partial charge on any atom is -0.478 e. The van der Waals surface area contributed by atoms with Crippen molar-refractivity contribution in [2.45, 2.75) is 29.4 Å². The molecule has 1 aromatic carbocycles. The standard InChI is InChI=1S/C13H18N2O4S2/c1-13(5-2-6-20-13)8-15-21(18,19)11-4-3-9(14)7-10(11)12(16)17/h3-4,7,15H,2,5-6,8,14H2,1H3,(H,16,17). The summed E-state index contributed by atoms with van der Waals surface area (Å²) in [6.07, 6.45) is 2.00. The van der Waals surface area contributed by atoms with Crippen LogP contribution in [-0.4, -0.2) is 36.5 Å². The number of anilines is 1. The number of thioether (sulfide) groups is 1. The highest BCUT2D eigenvalue weighted by atomic mass is 32.2. The van der Waals surface area contributed by atoms with Crippen molar-refractivity contribution in [3.05, 3.63) is 23.8 Å². The Balaban J connectivity index is 2.25. The van der Waals surface area contributed by atoms with E-state index in [2.05, 4.69) is 4.72 Å². The zero-order chi connectivity index (χ0) is 15.7. The first-order valence-electron chi connectivity index (χ1n) is 6.50. The van der Waals surface area contributed by atoms with E-state index in [1.165, 1.54) is 12.1 Å². The van der Waals surface area contributed by atoms with Crippen molar-refractivity contribution in [3.8, 4) is 0 Å². The molecule has 1 atom stereocenters. The predicted octanol–water partition coefficient (Wildman–Crippen LogP) is 1.53. The number of carboxylic acids is 1. The molecule has 0 spiro atoms. The fourth-order valence-corrected chi connectivity index (χ4v) is 4.93. The number of rotatable bonds is 5. The number of hydrogen-bond donors (Lipinski definition) is 3. The van der Waals surface area contributed by atoms with Gasteiger partial charge in [0.05, 0.1) is 10.5 Å². The van der Waals surface area contributed by atoms with E-state index in [0.717, 1.165) is 24.7 Å². The molecule has 2 rings (SSSR count). The minimum absolute atomic E-state index is 0.135. The lowest BCUT2D eigenvalue weighted by atomic mass is 10.1. The summed E-state index contributed by atoms with van der Waals surface area (Å²) < 4.78 is 27.1. The van der Waals surface area contributed by atoms with Gasteiger partial charge in [0.1, 0.15) is 0 Å². The number of aromatic carboxylic acids is 1. The molecular formula is C13H18N2O4S2. The number of nitrogens with one attached hydrogen (secondary N) is 1. The second kappa shape index (κ2) is 5.86. The van der Waals surface area contributed by atoms with E-state index in [0.29, 0.717) is 0 Å². The van der Waals surface area contributed by atoms with Crippen LogP contribution in [0.2, 0.25) is 0 Å². The number of benzene rings is 1. The van der Waals surface area contributed by atoms with E-state index in [1.54, 1.807) is 11.8 Å². The predicted molar refractivity (Wildman–Crippen MR) is 83.1 cm³/mol. The molecule has 0 aromatic heterocycles. The average Bonchev–Trinajstić information content (AvgIpc) is 2.84. The van der Waals surface area contributed by atoms with Crippen molar-refractivity contribution in [2.75, 3.05) is 18.0 Å². The Labute approximate surface area is 128 Å². The molecule has 1 unspecified atom stereocenters. The van der Waals surface area contributed by atoms with Crippen LogP contribution in [0.1, 0.15) is 30.1 Å². The zero-order valence-electron chi connectivity index (χ0n) is 11.6. The van der Waals surface area contributed by atoms with Crippen LogP contribution < -0.4 is 10.5 Å². The Morgan fingerprint density at radius 1 is 1.52 bits per heavy atom. The van der Waals surface area contributed by atoms with Crippen molar-refractivity contribution in [1.82, 2.24) is 4.72 Å². The van der Waals surface area contributed by atoms with Crippen molar-refractivity contribution in [1.29, 1.82) is 0 Å². The highest BCUT2D eigenvalue weighted by molar-refractivity contribution is 8.01. The maximum absolute atomic E-state index is 12.3. The minimum atomic E-state index is -3.88. The molecule has 1 heterocycles. The number of nitrogen functional groups attached to an aromatic ring is 1.